The highest BCUT2D eigenvalue weighted by atomic mass is 32.2. The van der Waals surface area contributed by atoms with Gasteiger partial charge in [0.05, 0.1) is 21.7 Å². The lowest BCUT2D eigenvalue weighted by Gasteiger charge is -2.28. The number of thiazole rings is 1. The summed E-state index contributed by atoms with van der Waals surface area (Å²) >= 11 is 0.575. The number of amides is 1. The molecule has 0 radical (unpaired) electrons. The molecule has 3 aromatic rings. The Morgan fingerprint density at radius 3 is 2.61 bits per heavy atom. The summed E-state index contributed by atoms with van der Waals surface area (Å²) in [7, 11) is 0. The predicted molar refractivity (Wildman–Crippen MR) is 145 cm³/mol. The van der Waals surface area contributed by atoms with Crippen LogP contribution >= 0.6 is 11.3 Å². The van der Waals surface area contributed by atoms with E-state index in [2.05, 4.69) is 33.7 Å². The summed E-state index contributed by atoms with van der Waals surface area (Å²) in [4.78, 5) is 18.6. The molecule has 0 aliphatic heterocycles. The smallest absolute Gasteiger partial charge is 0.407 e. The van der Waals surface area contributed by atoms with E-state index >= 15 is 0 Å². The summed E-state index contributed by atoms with van der Waals surface area (Å²) in [5.74, 6) is 0.379. The maximum Gasteiger partial charge on any atom is 0.407 e. The molecular weight excluding hydrogens is 492 g/mol. The van der Waals surface area contributed by atoms with E-state index in [-0.39, 0.29) is 23.5 Å². The first-order valence-electron chi connectivity index (χ1n) is 12.7. The summed E-state index contributed by atoms with van der Waals surface area (Å²) in [5.41, 5.74) is 4.11. The highest BCUT2D eigenvalue weighted by molar-refractivity contribution is 7.92. The number of nitrogens with one attached hydrogen (secondary N) is 2. The van der Waals surface area contributed by atoms with Crippen molar-refractivity contribution in [3.63, 3.8) is 0 Å². The van der Waals surface area contributed by atoms with E-state index in [1.165, 1.54) is 0 Å². The van der Waals surface area contributed by atoms with Gasteiger partial charge in [-0.2, -0.15) is 5.10 Å². The van der Waals surface area contributed by atoms with Crippen LogP contribution in [0.1, 0.15) is 81.3 Å². The van der Waals surface area contributed by atoms with Crippen molar-refractivity contribution < 1.29 is 14.1 Å². The molecular formula is C27H36N4O3S2. The molecule has 1 aliphatic rings. The van der Waals surface area contributed by atoms with Crippen LogP contribution in [0.25, 0.3) is 10.4 Å². The van der Waals surface area contributed by atoms with Gasteiger partial charge >= 0.3 is 6.09 Å². The number of rotatable bonds is 8. The van der Waals surface area contributed by atoms with Gasteiger partial charge in [-0.05, 0) is 95.2 Å². The first kappa shape index (κ1) is 26.7. The fourth-order valence-corrected chi connectivity index (χ4v) is 6.94. The second-order valence-corrected chi connectivity index (χ2v) is 13.1. The largest absolute Gasteiger partial charge is 0.611 e. The molecule has 1 saturated carbocycles. The number of carbonyl (C=O) groups excluding carboxylic acids is 1. The summed E-state index contributed by atoms with van der Waals surface area (Å²) in [6.07, 6.45) is 5.96. The Labute approximate surface area is 220 Å². The predicted octanol–water partition coefficient (Wildman–Crippen LogP) is 6.11. The number of aryl methyl sites for hydroxylation is 1. The molecule has 4 rings (SSSR count). The van der Waals surface area contributed by atoms with Gasteiger partial charge < -0.3 is 14.6 Å². The summed E-state index contributed by atoms with van der Waals surface area (Å²) in [5, 5.41) is 11.5. The molecule has 9 heteroatoms. The van der Waals surface area contributed by atoms with Crippen LogP contribution in [0.2, 0.25) is 0 Å². The van der Waals surface area contributed by atoms with Gasteiger partial charge in [-0.25, -0.2) is 9.78 Å². The molecule has 2 N–H and O–H groups in total. The standard InChI is InChI=1S/C27H36N4O3S2/c1-16(2)34-27(32)29-21-9-7-20(8-10-21)26-28-15-24(35-26)23-11-6-19(13-22-12-18(5)30-31-22)14-25(23)36(33)17(3)4/h6,11-12,14-17,20-21H,7-10,13H2,1-5H3,(H,29,32)(H,30,31). The molecule has 1 aliphatic carbocycles. The van der Waals surface area contributed by atoms with Crippen LogP contribution in [0.4, 0.5) is 4.79 Å². The average molecular weight is 529 g/mol. The molecule has 2 heterocycles. The highest BCUT2D eigenvalue weighted by Crippen LogP contribution is 2.40. The lowest BCUT2D eigenvalue weighted by Crippen LogP contribution is -2.38. The van der Waals surface area contributed by atoms with Crippen molar-refractivity contribution in [1.29, 1.82) is 0 Å². The molecule has 194 valence electrons. The molecule has 36 heavy (non-hydrogen) atoms. The van der Waals surface area contributed by atoms with Crippen molar-refractivity contribution in [3.05, 3.63) is 52.4 Å². The van der Waals surface area contributed by atoms with Crippen LogP contribution in [0, 0.1) is 6.92 Å². The first-order valence-corrected chi connectivity index (χ1v) is 14.7. The number of ether oxygens (including phenoxy) is 1. The van der Waals surface area contributed by atoms with Crippen molar-refractivity contribution in [1.82, 2.24) is 20.5 Å². The number of hydrogen-bond donors (Lipinski definition) is 2. The van der Waals surface area contributed by atoms with E-state index in [1.54, 1.807) is 11.3 Å². The number of aromatic amines is 1. The molecule has 0 saturated heterocycles. The van der Waals surface area contributed by atoms with Gasteiger partial charge in [0.1, 0.15) is 5.25 Å². The Hall–Kier alpha value is -2.36. The van der Waals surface area contributed by atoms with E-state index in [9.17, 15) is 9.35 Å². The summed E-state index contributed by atoms with van der Waals surface area (Å²) in [6, 6.07) is 8.45. The number of alkyl carbamates (subject to hydrolysis) is 1. The molecule has 0 bridgehead atoms. The third-order valence-corrected chi connectivity index (χ3v) is 9.19. The Kier molecular flexibility index (Phi) is 8.74. The van der Waals surface area contributed by atoms with Crippen molar-refractivity contribution in [2.75, 3.05) is 0 Å². The zero-order valence-electron chi connectivity index (χ0n) is 21.7. The fraction of sp³-hybridized carbons (Fsp3) is 0.519. The average Bonchev–Trinajstić information content (AvgIpc) is 3.47. The highest BCUT2D eigenvalue weighted by Gasteiger charge is 2.28. The third-order valence-electron chi connectivity index (χ3n) is 6.37. The SMILES string of the molecule is Cc1cc(Cc2ccc(-c3cnc(C4CCC(NC(=O)OC(C)C)CC4)s3)c([S+]([O-])C(C)C)c2)n[nH]1. The minimum absolute atomic E-state index is 0.0178. The minimum Gasteiger partial charge on any atom is -0.611 e. The Morgan fingerprint density at radius 1 is 1.22 bits per heavy atom. The topological polar surface area (TPSA) is 103 Å². The van der Waals surface area contributed by atoms with Crippen molar-refractivity contribution in [2.24, 2.45) is 0 Å². The number of carbonyl (C=O) groups is 1. The van der Waals surface area contributed by atoms with Crippen molar-refractivity contribution >= 4 is 28.6 Å². The maximum absolute atomic E-state index is 13.3. The van der Waals surface area contributed by atoms with E-state index in [0.717, 1.165) is 63.0 Å². The Morgan fingerprint density at radius 2 is 1.97 bits per heavy atom. The van der Waals surface area contributed by atoms with Crippen LogP contribution in [0.3, 0.4) is 0 Å². The van der Waals surface area contributed by atoms with Crippen LogP contribution in [0.15, 0.2) is 35.4 Å². The van der Waals surface area contributed by atoms with E-state index < -0.39 is 11.2 Å². The second-order valence-electron chi connectivity index (χ2n) is 10.1. The van der Waals surface area contributed by atoms with Gasteiger partial charge in [-0.3, -0.25) is 5.10 Å². The Balaban J connectivity index is 1.48. The quantitative estimate of drug-likeness (QED) is 0.343. The normalized spacial score (nSPS) is 19.0. The van der Waals surface area contributed by atoms with E-state index in [0.29, 0.717) is 12.3 Å². The van der Waals surface area contributed by atoms with Crippen LogP contribution < -0.4 is 5.32 Å². The zero-order chi connectivity index (χ0) is 25.8. The van der Waals surface area contributed by atoms with Gasteiger partial charge in [0, 0.05) is 35.8 Å². The van der Waals surface area contributed by atoms with Crippen molar-refractivity contribution in [3.8, 4) is 10.4 Å². The number of H-pyrrole nitrogens is 1. The van der Waals surface area contributed by atoms with E-state index in [4.69, 9.17) is 9.72 Å². The zero-order valence-corrected chi connectivity index (χ0v) is 23.3. The maximum atomic E-state index is 13.3. The molecule has 1 fully saturated rings. The van der Waals surface area contributed by atoms with Gasteiger partial charge in [0.15, 0.2) is 4.90 Å². The first-order chi connectivity index (χ1) is 17.2. The fourth-order valence-electron chi connectivity index (χ4n) is 4.58. The monoisotopic (exact) mass is 528 g/mol. The molecule has 1 amide bonds. The Bertz CT molecular complexity index is 1170. The van der Waals surface area contributed by atoms with Gasteiger partial charge in [0.25, 0.3) is 0 Å². The molecule has 2 aromatic heterocycles. The molecule has 1 unspecified atom stereocenters. The van der Waals surface area contributed by atoms with Gasteiger partial charge in [0.2, 0.25) is 0 Å². The van der Waals surface area contributed by atoms with Crippen LogP contribution in [-0.4, -0.2) is 43.2 Å². The van der Waals surface area contributed by atoms with E-state index in [1.807, 2.05) is 46.9 Å². The van der Waals surface area contributed by atoms with Gasteiger partial charge in [-0.1, -0.05) is 6.07 Å². The summed E-state index contributed by atoms with van der Waals surface area (Å²) in [6.45, 7) is 9.68. The van der Waals surface area contributed by atoms with Gasteiger partial charge in [-0.15, -0.1) is 11.3 Å². The number of benzene rings is 1. The summed E-state index contributed by atoms with van der Waals surface area (Å²) < 4.78 is 18.5. The molecule has 0 spiro atoms. The number of aromatic nitrogens is 3. The number of hydrogen-bond acceptors (Lipinski definition) is 6. The molecule has 1 aromatic carbocycles. The number of nitrogens with zero attached hydrogens (tertiary/aromatic N) is 2. The lowest BCUT2D eigenvalue weighted by atomic mass is 9.86. The molecule has 1 atom stereocenters. The van der Waals surface area contributed by atoms with Crippen LogP contribution in [0.5, 0.6) is 0 Å². The second kappa shape index (κ2) is 11.8. The minimum atomic E-state index is -1.12. The third kappa shape index (κ3) is 6.69. The lowest BCUT2D eigenvalue weighted by molar-refractivity contribution is 0.109. The van der Waals surface area contributed by atoms with Crippen LogP contribution in [-0.2, 0) is 22.3 Å². The van der Waals surface area contributed by atoms with Crippen molar-refractivity contribution in [2.45, 2.75) is 94.9 Å². The molecule has 7 nitrogen and oxygen atoms in total.